The molecule has 1 aromatic rings. The lowest BCUT2D eigenvalue weighted by Gasteiger charge is -2.25. The van der Waals surface area contributed by atoms with E-state index in [4.69, 9.17) is 4.74 Å². The summed E-state index contributed by atoms with van der Waals surface area (Å²) in [6.45, 7) is 2.51. The molecule has 0 aromatic carbocycles. The number of ketones is 1. The van der Waals surface area contributed by atoms with E-state index in [-0.39, 0.29) is 12.4 Å². The van der Waals surface area contributed by atoms with Crippen molar-refractivity contribution in [2.24, 2.45) is 13.0 Å². The number of carbonyl (C=O) groups is 1. The molecule has 3 heteroatoms. The topological polar surface area (TPSA) is 31.2 Å². The van der Waals surface area contributed by atoms with Crippen LogP contribution < -0.4 is 0 Å². The zero-order valence-electron chi connectivity index (χ0n) is 10.7. The molecule has 1 aliphatic carbocycles. The normalized spacial score (nSPS) is 24.8. The standard InChI is InChI=1S/C14H21NO2/c1-11-3-5-13(6-4-11)17-10-14(16)12-7-8-15(2)9-12/h7-9,11,13H,3-6,10H2,1-2H3. The summed E-state index contributed by atoms with van der Waals surface area (Å²) in [5, 5.41) is 0. The summed E-state index contributed by atoms with van der Waals surface area (Å²) >= 11 is 0. The first-order valence-electron chi connectivity index (χ1n) is 6.42. The Morgan fingerprint density at radius 3 is 2.71 bits per heavy atom. The van der Waals surface area contributed by atoms with Crippen molar-refractivity contribution in [3.63, 3.8) is 0 Å². The number of hydrogen-bond acceptors (Lipinski definition) is 2. The van der Waals surface area contributed by atoms with Crippen molar-refractivity contribution in [3.05, 3.63) is 24.0 Å². The summed E-state index contributed by atoms with van der Waals surface area (Å²) in [4.78, 5) is 11.8. The molecule has 0 unspecified atom stereocenters. The Kier molecular flexibility index (Phi) is 4.00. The van der Waals surface area contributed by atoms with Crippen LogP contribution in [-0.4, -0.2) is 23.1 Å². The number of rotatable bonds is 4. The molecule has 0 spiro atoms. The summed E-state index contributed by atoms with van der Waals surface area (Å²) in [6.07, 6.45) is 8.67. The fraction of sp³-hybridized carbons (Fsp3) is 0.643. The SMILES string of the molecule is CC1CCC(OCC(=O)c2ccn(C)c2)CC1. The van der Waals surface area contributed by atoms with Crippen LogP contribution in [0.5, 0.6) is 0 Å². The van der Waals surface area contributed by atoms with Crippen molar-refractivity contribution in [1.82, 2.24) is 4.57 Å². The number of Topliss-reactive ketones (excluding diaryl/α,β-unsaturated/α-hetero) is 1. The number of aromatic nitrogens is 1. The summed E-state index contributed by atoms with van der Waals surface area (Å²) in [5.74, 6) is 0.906. The Morgan fingerprint density at radius 1 is 1.41 bits per heavy atom. The molecule has 94 valence electrons. The molecule has 0 N–H and O–H groups in total. The van der Waals surface area contributed by atoms with Gasteiger partial charge in [0.15, 0.2) is 5.78 Å². The highest BCUT2D eigenvalue weighted by molar-refractivity contribution is 5.96. The predicted octanol–water partition coefficient (Wildman–Crippen LogP) is 2.80. The van der Waals surface area contributed by atoms with E-state index in [0.29, 0.717) is 6.10 Å². The summed E-state index contributed by atoms with van der Waals surface area (Å²) < 4.78 is 7.58. The van der Waals surface area contributed by atoms with Crippen molar-refractivity contribution in [3.8, 4) is 0 Å². The Morgan fingerprint density at radius 2 is 2.12 bits per heavy atom. The van der Waals surface area contributed by atoms with Crippen LogP contribution >= 0.6 is 0 Å². The number of nitrogens with zero attached hydrogens (tertiary/aromatic N) is 1. The van der Waals surface area contributed by atoms with Crippen LogP contribution in [0.1, 0.15) is 43.0 Å². The largest absolute Gasteiger partial charge is 0.370 e. The maximum Gasteiger partial charge on any atom is 0.189 e. The quantitative estimate of drug-likeness (QED) is 0.751. The lowest BCUT2D eigenvalue weighted by Crippen LogP contribution is -2.23. The van der Waals surface area contributed by atoms with Gasteiger partial charge in [-0.3, -0.25) is 4.79 Å². The number of carbonyl (C=O) groups excluding carboxylic acids is 1. The van der Waals surface area contributed by atoms with E-state index in [0.717, 1.165) is 24.3 Å². The van der Waals surface area contributed by atoms with Crippen LogP contribution in [0.15, 0.2) is 18.5 Å². The Balaban J connectivity index is 1.76. The van der Waals surface area contributed by atoms with Crippen molar-refractivity contribution in [2.45, 2.75) is 38.7 Å². The molecule has 0 saturated heterocycles. The van der Waals surface area contributed by atoms with E-state index in [1.807, 2.05) is 30.1 Å². The lowest BCUT2D eigenvalue weighted by atomic mass is 9.89. The number of ether oxygens (including phenoxy) is 1. The molecule has 3 nitrogen and oxygen atoms in total. The molecule has 0 atom stereocenters. The minimum atomic E-state index is 0.0872. The van der Waals surface area contributed by atoms with Gasteiger partial charge in [-0.2, -0.15) is 0 Å². The van der Waals surface area contributed by atoms with Gasteiger partial charge in [0, 0.05) is 25.0 Å². The minimum Gasteiger partial charge on any atom is -0.370 e. The van der Waals surface area contributed by atoms with Crippen molar-refractivity contribution in [1.29, 1.82) is 0 Å². The van der Waals surface area contributed by atoms with Crippen LogP contribution in [0.3, 0.4) is 0 Å². The van der Waals surface area contributed by atoms with E-state index >= 15 is 0 Å². The molecule has 1 aliphatic rings. The number of hydrogen-bond donors (Lipinski definition) is 0. The molecule has 0 radical (unpaired) electrons. The van der Waals surface area contributed by atoms with Crippen LogP contribution in [-0.2, 0) is 11.8 Å². The average molecular weight is 235 g/mol. The Labute approximate surface area is 103 Å². The van der Waals surface area contributed by atoms with Crippen molar-refractivity contribution in [2.75, 3.05) is 6.61 Å². The molecule has 17 heavy (non-hydrogen) atoms. The van der Waals surface area contributed by atoms with Gasteiger partial charge in [0.05, 0.1) is 6.10 Å². The Hall–Kier alpha value is -1.09. The molecule has 1 saturated carbocycles. The average Bonchev–Trinajstić information content (AvgIpc) is 2.75. The molecular formula is C14H21NO2. The van der Waals surface area contributed by atoms with E-state index in [9.17, 15) is 4.79 Å². The van der Waals surface area contributed by atoms with Gasteiger partial charge in [0.25, 0.3) is 0 Å². The zero-order valence-corrected chi connectivity index (χ0v) is 10.7. The molecule has 0 bridgehead atoms. The van der Waals surface area contributed by atoms with Gasteiger partial charge in [-0.25, -0.2) is 0 Å². The zero-order chi connectivity index (χ0) is 12.3. The van der Waals surface area contributed by atoms with Gasteiger partial charge in [0.2, 0.25) is 0 Å². The van der Waals surface area contributed by atoms with E-state index in [1.165, 1.54) is 12.8 Å². The van der Waals surface area contributed by atoms with Crippen molar-refractivity contribution < 1.29 is 9.53 Å². The molecule has 0 aliphatic heterocycles. The molecular weight excluding hydrogens is 214 g/mol. The van der Waals surface area contributed by atoms with Gasteiger partial charge in [0.1, 0.15) is 6.61 Å². The van der Waals surface area contributed by atoms with Crippen LogP contribution in [0.25, 0.3) is 0 Å². The van der Waals surface area contributed by atoms with Crippen LogP contribution in [0.2, 0.25) is 0 Å². The van der Waals surface area contributed by atoms with E-state index < -0.39 is 0 Å². The summed E-state index contributed by atoms with van der Waals surface area (Å²) in [7, 11) is 1.92. The number of aryl methyl sites for hydroxylation is 1. The summed E-state index contributed by atoms with van der Waals surface area (Å²) in [6, 6.07) is 1.84. The fourth-order valence-corrected chi connectivity index (χ4v) is 2.34. The van der Waals surface area contributed by atoms with Gasteiger partial charge in [-0.1, -0.05) is 6.92 Å². The maximum atomic E-state index is 11.8. The molecule has 2 rings (SSSR count). The molecule has 1 fully saturated rings. The first-order valence-corrected chi connectivity index (χ1v) is 6.42. The lowest BCUT2D eigenvalue weighted by molar-refractivity contribution is 0.0217. The second kappa shape index (κ2) is 5.50. The highest BCUT2D eigenvalue weighted by Crippen LogP contribution is 2.25. The highest BCUT2D eigenvalue weighted by Gasteiger charge is 2.19. The van der Waals surface area contributed by atoms with Crippen LogP contribution in [0, 0.1) is 5.92 Å². The van der Waals surface area contributed by atoms with Gasteiger partial charge in [-0.15, -0.1) is 0 Å². The van der Waals surface area contributed by atoms with E-state index in [2.05, 4.69) is 6.92 Å². The van der Waals surface area contributed by atoms with Crippen molar-refractivity contribution >= 4 is 5.78 Å². The second-order valence-electron chi connectivity index (χ2n) is 5.18. The smallest absolute Gasteiger partial charge is 0.189 e. The first-order chi connectivity index (χ1) is 8.15. The van der Waals surface area contributed by atoms with Gasteiger partial charge in [-0.05, 0) is 37.7 Å². The third-order valence-electron chi connectivity index (χ3n) is 3.57. The minimum absolute atomic E-state index is 0.0872. The van der Waals surface area contributed by atoms with Gasteiger partial charge < -0.3 is 9.30 Å². The third kappa shape index (κ3) is 3.43. The summed E-state index contributed by atoms with van der Waals surface area (Å²) in [5.41, 5.74) is 0.747. The monoisotopic (exact) mass is 235 g/mol. The Bertz CT molecular complexity index is 375. The maximum absolute atomic E-state index is 11.8. The predicted molar refractivity (Wildman–Crippen MR) is 67.1 cm³/mol. The second-order valence-corrected chi connectivity index (χ2v) is 5.18. The van der Waals surface area contributed by atoms with Crippen LogP contribution in [0.4, 0.5) is 0 Å². The molecule has 0 amide bonds. The van der Waals surface area contributed by atoms with Gasteiger partial charge >= 0.3 is 0 Å². The molecule has 1 heterocycles. The highest BCUT2D eigenvalue weighted by atomic mass is 16.5. The first kappa shape index (κ1) is 12.4. The van der Waals surface area contributed by atoms with E-state index in [1.54, 1.807) is 0 Å². The third-order valence-corrected chi connectivity index (χ3v) is 3.57. The fourth-order valence-electron chi connectivity index (χ4n) is 2.34. The molecule has 1 aromatic heterocycles.